The molecule has 0 radical (unpaired) electrons. The van der Waals surface area contributed by atoms with Crippen LogP contribution in [0.1, 0.15) is 16.7 Å². The summed E-state index contributed by atoms with van der Waals surface area (Å²) in [5.74, 6) is 0. The van der Waals surface area contributed by atoms with E-state index in [0.29, 0.717) is 6.54 Å². The van der Waals surface area contributed by atoms with Crippen molar-refractivity contribution in [1.82, 2.24) is 4.98 Å². The molecule has 19 heavy (non-hydrogen) atoms. The van der Waals surface area contributed by atoms with Gasteiger partial charge in [0.1, 0.15) is 0 Å². The number of benzene rings is 1. The summed E-state index contributed by atoms with van der Waals surface area (Å²) in [6.07, 6.45) is 5.95. The van der Waals surface area contributed by atoms with Gasteiger partial charge in [-0.1, -0.05) is 24.3 Å². The number of rotatable bonds is 2. The van der Waals surface area contributed by atoms with Gasteiger partial charge in [-0.25, -0.2) is 0 Å². The lowest BCUT2D eigenvalue weighted by molar-refractivity contribution is 0.794. The minimum Gasteiger partial charge on any atom is -0.369 e. The van der Waals surface area contributed by atoms with Crippen LogP contribution in [0.25, 0.3) is 0 Å². The maximum atomic E-state index is 5.83. The molecule has 3 nitrogen and oxygen atoms in total. The first kappa shape index (κ1) is 12.2. The SMILES string of the molecule is NCc1ccncc1N1CCc2ccccc2CC1. The molecule has 1 aliphatic heterocycles. The Hall–Kier alpha value is -1.87. The molecule has 1 aliphatic rings. The molecule has 1 aromatic carbocycles. The van der Waals surface area contributed by atoms with Gasteiger partial charge in [-0.3, -0.25) is 4.98 Å². The maximum absolute atomic E-state index is 5.83. The van der Waals surface area contributed by atoms with Crippen LogP contribution in [0.5, 0.6) is 0 Å². The number of hydrogen-bond donors (Lipinski definition) is 1. The second-order valence-corrected chi connectivity index (χ2v) is 4.96. The molecule has 0 saturated carbocycles. The average molecular weight is 253 g/mol. The van der Waals surface area contributed by atoms with Crippen molar-refractivity contribution in [3.05, 3.63) is 59.4 Å². The molecule has 0 bridgehead atoms. The highest BCUT2D eigenvalue weighted by atomic mass is 15.1. The fraction of sp³-hybridized carbons (Fsp3) is 0.312. The normalized spacial score (nSPS) is 14.9. The summed E-state index contributed by atoms with van der Waals surface area (Å²) in [6.45, 7) is 2.65. The van der Waals surface area contributed by atoms with Gasteiger partial charge in [-0.2, -0.15) is 0 Å². The van der Waals surface area contributed by atoms with Gasteiger partial charge in [-0.15, -0.1) is 0 Å². The van der Waals surface area contributed by atoms with Crippen LogP contribution in [0.4, 0.5) is 5.69 Å². The minimum absolute atomic E-state index is 0.571. The van der Waals surface area contributed by atoms with Crippen molar-refractivity contribution < 1.29 is 0 Å². The van der Waals surface area contributed by atoms with Crippen LogP contribution in [0, 0.1) is 0 Å². The monoisotopic (exact) mass is 253 g/mol. The fourth-order valence-corrected chi connectivity index (χ4v) is 2.78. The largest absolute Gasteiger partial charge is 0.369 e. The van der Waals surface area contributed by atoms with Crippen LogP contribution in [-0.2, 0) is 19.4 Å². The highest BCUT2D eigenvalue weighted by Gasteiger charge is 2.15. The van der Waals surface area contributed by atoms with Crippen LogP contribution >= 0.6 is 0 Å². The van der Waals surface area contributed by atoms with Crippen molar-refractivity contribution in [3.8, 4) is 0 Å². The minimum atomic E-state index is 0.571. The molecule has 1 aromatic heterocycles. The highest BCUT2D eigenvalue weighted by Crippen LogP contribution is 2.23. The van der Waals surface area contributed by atoms with Crippen LogP contribution in [-0.4, -0.2) is 18.1 Å². The van der Waals surface area contributed by atoms with Gasteiger partial charge in [0.25, 0.3) is 0 Å². The van der Waals surface area contributed by atoms with Crippen LogP contribution in [0.15, 0.2) is 42.7 Å². The third-order valence-electron chi connectivity index (χ3n) is 3.87. The Labute approximate surface area is 114 Å². The third kappa shape index (κ3) is 2.47. The summed E-state index contributed by atoms with van der Waals surface area (Å²) in [4.78, 5) is 6.66. The molecule has 0 aliphatic carbocycles. The van der Waals surface area contributed by atoms with Gasteiger partial charge >= 0.3 is 0 Å². The summed E-state index contributed by atoms with van der Waals surface area (Å²) in [6, 6.07) is 10.8. The molecule has 0 saturated heterocycles. The first-order valence-corrected chi connectivity index (χ1v) is 6.83. The van der Waals surface area contributed by atoms with Crippen molar-refractivity contribution in [2.24, 2.45) is 5.73 Å². The smallest absolute Gasteiger partial charge is 0.0598 e. The zero-order chi connectivity index (χ0) is 13.1. The van der Waals surface area contributed by atoms with E-state index in [1.165, 1.54) is 22.4 Å². The van der Waals surface area contributed by atoms with Gasteiger partial charge in [0.05, 0.1) is 11.9 Å². The lowest BCUT2D eigenvalue weighted by Crippen LogP contribution is -2.27. The zero-order valence-electron chi connectivity index (χ0n) is 11.0. The molecule has 0 fully saturated rings. The summed E-state index contributed by atoms with van der Waals surface area (Å²) < 4.78 is 0. The topological polar surface area (TPSA) is 42.1 Å². The van der Waals surface area contributed by atoms with E-state index in [0.717, 1.165) is 25.9 Å². The van der Waals surface area contributed by atoms with Crippen LogP contribution in [0.2, 0.25) is 0 Å². The Balaban J connectivity index is 1.85. The molecule has 2 aromatic rings. The molecule has 2 N–H and O–H groups in total. The van der Waals surface area contributed by atoms with Crippen molar-refractivity contribution >= 4 is 5.69 Å². The Morgan fingerprint density at radius 2 is 1.74 bits per heavy atom. The standard InChI is InChI=1S/C16H19N3/c17-11-15-5-8-18-12-16(15)19-9-6-13-3-1-2-4-14(13)7-10-19/h1-5,8,12H,6-7,9-11,17H2. The predicted molar refractivity (Wildman–Crippen MR) is 78.2 cm³/mol. The number of aromatic nitrogens is 1. The van der Waals surface area contributed by atoms with Crippen molar-refractivity contribution in [2.75, 3.05) is 18.0 Å². The van der Waals surface area contributed by atoms with E-state index < -0.39 is 0 Å². The number of nitrogens with zero attached hydrogens (tertiary/aromatic N) is 2. The average Bonchev–Trinajstić information content (AvgIpc) is 2.70. The summed E-state index contributed by atoms with van der Waals surface area (Å²) >= 11 is 0. The Morgan fingerprint density at radius 1 is 1.05 bits per heavy atom. The molecule has 0 amide bonds. The fourth-order valence-electron chi connectivity index (χ4n) is 2.78. The van der Waals surface area contributed by atoms with Crippen LogP contribution in [0.3, 0.4) is 0 Å². The van der Waals surface area contributed by atoms with E-state index in [1.807, 2.05) is 18.5 Å². The molecular formula is C16H19N3. The number of anilines is 1. The van der Waals surface area contributed by atoms with Crippen molar-refractivity contribution in [3.63, 3.8) is 0 Å². The number of hydrogen-bond acceptors (Lipinski definition) is 3. The lowest BCUT2D eigenvalue weighted by atomic mass is 10.0. The molecule has 98 valence electrons. The van der Waals surface area contributed by atoms with Crippen molar-refractivity contribution in [1.29, 1.82) is 0 Å². The van der Waals surface area contributed by atoms with Gasteiger partial charge in [0.15, 0.2) is 0 Å². The Bertz CT molecular complexity index is 538. The first-order valence-electron chi connectivity index (χ1n) is 6.83. The van der Waals surface area contributed by atoms with Crippen molar-refractivity contribution in [2.45, 2.75) is 19.4 Å². The molecule has 0 spiro atoms. The van der Waals surface area contributed by atoms with Gasteiger partial charge < -0.3 is 10.6 Å². The molecule has 3 rings (SSSR count). The second-order valence-electron chi connectivity index (χ2n) is 4.96. The quantitative estimate of drug-likeness (QED) is 0.891. The zero-order valence-corrected chi connectivity index (χ0v) is 11.0. The lowest BCUT2D eigenvalue weighted by Gasteiger charge is -2.24. The first-order chi connectivity index (χ1) is 9.38. The third-order valence-corrected chi connectivity index (χ3v) is 3.87. The number of fused-ring (bicyclic) bond motifs is 1. The summed E-state index contributed by atoms with van der Waals surface area (Å²) in [7, 11) is 0. The summed E-state index contributed by atoms with van der Waals surface area (Å²) in [5.41, 5.74) is 11.2. The summed E-state index contributed by atoms with van der Waals surface area (Å²) in [5, 5.41) is 0. The van der Waals surface area contributed by atoms with E-state index in [9.17, 15) is 0 Å². The maximum Gasteiger partial charge on any atom is 0.0598 e. The van der Waals surface area contributed by atoms with Crippen LogP contribution < -0.4 is 10.6 Å². The van der Waals surface area contributed by atoms with E-state index >= 15 is 0 Å². The molecular weight excluding hydrogens is 234 g/mol. The number of pyridine rings is 1. The van der Waals surface area contributed by atoms with Gasteiger partial charge in [0, 0.05) is 25.8 Å². The molecule has 0 unspecified atom stereocenters. The molecule has 3 heteroatoms. The van der Waals surface area contributed by atoms with E-state index in [4.69, 9.17) is 5.73 Å². The van der Waals surface area contributed by atoms with E-state index in [2.05, 4.69) is 34.1 Å². The van der Waals surface area contributed by atoms with E-state index in [-0.39, 0.29) is 0 Å². The Morgan fingerprint density at radius 3 is 2.37 bits per heavy atom. The van der Waals surface area contributed by atoms with Gasteiger partial charge in [-0.05, 0) is 35.6 Å². The second kappa shape index (κ2) is 5.41. The number of nitrogens with two attached hydrogens (primary N) is 1. The Kier molecular flexibility index (Phi) is 3.47. The van der Waals surface area contributed by atoms with E-state index in [1.54, 1.807) is 0 Å². The molecule has 2 heterocycles. The highest BCUT2D eigenvalue weighted by molar-refractivity contribution is 5.52. The molecule has 0 atom stereocenters. The predicted octanol–water partition coefficient (Wildman–Crippen LogP) is 2.15. The van der Waals surface area contributed by atoms with Gasteiger partial charge in [0.2, 0.25) is 0 Å².